The number of amidine groups is 1. The summed E-state index contributed by atoms with van der Waals surface area (Å²) in [5, 5.41) is 5.07. The van der Waals surface area contributed by atoms with Gasteiger partial charge in [-0.2, -0.15) is 19.9 Å². The maximum Gasteiger partial charge on any atom is 0.436 e. The summed E-state index contributed by atoms with van der Waals surface area (Å²) < 4.78 is 10.5. The van der Waals surface area contributed by atoms with Gasteiger partial charge in [0, 0.05) is 6.20 Å². The van der Waals surface area contributed by atoms with Crippen molar-refractivity contribution in [2.75, 3.05) is 5.01 Å². The van der Waals surface area contributed by atoms with Gasteiger partial charge in [-0.05, 0) is 24.1 Å². The fourth-order valence-electron chi connectivity index (χ4n) is 2.45. The molecule has 0 bridgehead atoms. The summed E-state index contributed by atoms with van der Waals surface area (Å²) in [6.07, 6.45) is 1.49. The summed E-state index contributed by atoms with van der Waals surface area (Å²) in [4.78, 5) is 29.8. The van der Waals surface area contributed by atoms with Crippen LogP contribution in [0.3, 0.4) is 0 Å². The number of ether oxygens (including phenoxy) is 2. The van der Waals surface area contributed by atoms with Crippen LogP contribution >= 0.6 is 0 Å². The van der Waals surface area contributed by atoms with E-state index in [2.05, 4.69) is 10.1 Å². The summed E-state index contributed by atoms with van der Waals surface area (Å²) >= 11 is 0. The smallest absolute Gasteiger partial charge is 0.436 e. The maximum atomic E-state index is 12.6. The lowest BCUT2D eigenvalue weighted by atomic mass is 10.2. The van der Waals surface area contributed by atoms with Crippen molar-refractivity contribution in [1.82, 2.24) is 9.89 Å². The van der Waals surface area contributed by atoms with E-state index < -0.39 is 12.2 Å². The van der Waals surface area contributed by atoms with E-state index in [1.165, 1.54) is 24.1 Å². The topological polar surface area (TPSA) is 86.0 Å². The Morgan fingerprint density at radius 2 is 1.52 bits per heavy atom. The first-order valence-corrected chi connectivity index (χ1v) is 8.90. The van der Waals surface area contributed by atoms with Crippen LogP contribution in [0.4, 0.5) is 9.59 Å². The SMILES string of the molecule is C/C(=N\C(=O)OCc1ccccc1)N(C(=O)OCc1ccccc1)n1cccn1. The molecular weight excluding hydrogens is 372 g/mol. The molecule has 0 unspecified atom stereocenters. The molecule has 0 radical (unpaired) electrons. The second kappa shape index (κ2) is 9.84. The zero-order valence-electron chi connectivity index (χ0n) is 15.8. The zero-order chi connectivity index (χ0) is 20.5. The molecule has 0 aliphatic rings. The lowest BCUT2D eigenvalue weighted by Gasteiger charge is -2.20. The highest BCUT2D eigenvalue weighted by Crippen LogP contribution is 2.06. The van der Waals surface area contributed by atoms with E-state index in [4.69, 9.17) is 9.47 Å². The van der Waals surface area contributed by atoms with Crippen LogP contribution in [0, 0.1) is 0 Å². The monoisotopic (exact) mass is 392 g/mol. The van der Waals surface area contributed by atoms with Gasteiger partial charge in [0.2, 0.25) is 0 Å². The average Bonchev–Trinajstić information content (AvgIpc) is 3.26. The first-order chi connectivity index (χ1) is 14.1. The normalized spacial score (nSPS) is 11.0. The molecular formula is C21H20N4O4. The van der Waals surface area contributed by atoms with Gasteiger partial charge in [0.15, 0.2) is 0 Å². The van der Waals surface area contributed by atoms with Crippen molar-refractivity contribution < 1.29 is 19.1 Å². The van der Waals surface area contributed by atoms with E-state index in [0.717, 1.165) is 16.1 Å². The van der Waals surface area contributed by atoms with Crippen LogP contribution in [0.15, 0.2) is 84.1 Å². The Bertz CT molecular complexity index is 957. The van der Waals surface area contributed by atoms with Gasteiger partial charge in [-0.1, -0.05) is 60.7 Å². The number of hydrogen-bond donors (Lipinski definition) is 0. The molecule has 8 heteroatoms. The van der Waals surface area contributed by atoms with Crippen molar-refractivity contribution in [3.05, 3.63) is 90.3 Å². The third-order valence-corrected chi connectivity index (χ3v) is 3.84. The Morgan fingerprint density at radius 1 is 0.931 bits per heavy atom. The average molecular weight is 392 g/mol. The number of hydrogen-bond acceptors (Lipinski definition) is 5. The Balaban J connectivity index is 1.67. The van der Waals surface area contributed by atoms with E-state index >= 15 is 0 Å². The van der Waals surface area contributed by atoms with Gasteiger partial charge >= 0.3 is 12.2 Å². The van der Waals surface area contributed by atoms with Gasteiger partial charge in [-0.15, -0.1) is 0 Å². The number of rotatable bonds is 5. The van der Waals surface area contributed by atoms with Crippen molar-refractivity contribution >= 4 is 18.0 Å². The Labute approximate surface area is 168 Å². The zero-order valence-corrected chi connectivity index (χ0v) is 15.8. The number of amides is 2. The third kappa shape index (κ3) is 5.77. The molecule has 2 aromatic carbocycles. The molecule has 148 valence electrons. The summed E-state index contributed by atoms with van der Waals surface area (Å²) in [7, 11) is 0. The molecule has 0 aliphatic carbocycles. The Kier molecular flexibility index (Phi) is 6.72. The third-order valence-electron chi connectivity index (χ3n) is 3.84. The minimum atomic E-state index is -0.820. The molecule has 0 saturated heterocycles. The summed E-state index contributed by atoms with van der Waals surface area (Å²) in [6.45, 7) is 1.65. The van der Waals surface area contributed by atoms with Gasteiger partial charge in [-0.25, -0.2) is 9.59 Å². The van der Waals surface area contributed by atoms with E-state index in [9.17, 15) is 9.59 Å². The van der Waals surface area contributed by atoms with Gasteiger partial charge < -0.3 is 9.47 Å². The molecule has 1 heterocycles. The standard InChI is InChI=1S/C21H20N4O4/c1-17(23-20(26)28-15-18-9-4-2-5-10-18)25(24-14-8-13-22-24)21(27)29-16-19-11-6-3-7-12-19/h2-14H,15-16H2,1H3/b23-17+. The first kappa shape index (κ1) is 19.8. The van der Waals surface area contributed by atoms with Crippen LogP contribution in [-0.2, 0) is 22.7 Å². The highest BCUT2D eigenvalue weighted by molar-refractivity contribution is 6.09. The van der Waals surface area contributed by atoms with Crippen molar-refractivity contribution in [2.45, 2.75) is 20.1 Å². The van der Waals surface area contributed by atoms with Gasteiger partial charge in [0.05, 0.1) is 6.20 Å². The second-order valence-corrected chi connectivity index (χ2v) is 5.98. The van der Waals surface area contributed by atoms with Crippen LogP contribution in [0.5, 0.6) is 0 Å². The maximum absolute atomic E-state index is 12.6. The van der Waals surface area contributed by atoms with Crippen molar-refractivity contribution in [1.29, 1.82) is 0 Å². The molecule has 0 atom stereocenters. The molecule has 2 amide bonds. The predicted octanol–water partition coefficient (Wildman–Crippen LogP) is 3.91. The van der Waals surface area contributed by atoms with Crippen LogP contribution in [-0.4, -0.2) is 27.9 Å². The number of nitrogens with zero attached hydrogens (tertiary/aromatic N) is 4. The van der Waals surface area contributed by atoms with Crippen LogP contribution in [0.2, 0.25) is 0 Å². The number of benzene rings is 2. The first-order valence-electron chi connectivity index (χ1n) is 8.90. The highest BCUT2D eigenvalue weighted by atomic mass is 16.6. The molecule has 8 nitrogen and oxygen atoms in total. The molecule has 0 N–H and O–H groups in total. The van der Waals surface area contributed by atoms with E-state index in [0.29, 0.717) is 0 Å². The Hall–Kier alpha value is -3.94. The molecule has 0 fully saturated rings. The van der Waals surface area contributed by atoms with Crippen molar-refractivity contribution in [3.63, 3.8) is 0 Å². The van der Waals surface area contributed by atoms with E-state index in [1.807, 2.05) is 60.7 Å². The number of carbonyl (C=O) groups excluding carboxylic acids is 2. The van der Waals surface area contributed by atoms with Crippen LogP contribution < -0.4 is 5.01 Å². The number of aliphatic imine (C=N–C) groups is 1. The highest BCUT2D eigenvalue weighted by Gasteiger charge is 2.22. The fraction of sp³-hybridized carbons (Fsp3) is 0.143. The lowest BCUT2D eigenvalue weighted by Crippen LogP contribution is -2.45. The van der Waals surface area contributed by atoms with Crippen molar-refractivity contribution in [2.24, 2.45) is 4.99 Å². The quantitative estimate of drug-likeness (QED) is 0.485. The number of aromatic nitrogens is 2. The predicted molar refractivity (Wildman–Crippen MR) is 107 cm³/mol. The molecule has 3 aromatic rings. The number of carbonyl (C=O) groups is 2. The van der Waals surface area contributed by atoms with Crippen molar-refractivity contribution in [3.8, 4) is 0 Å². The van der Waals surface area contributed by atoms with E-state index in [-0.39, 0.29) is 19.0 Å². The van der Waals surface area contributed by atoms with Gasteiger partial charge in [0.25, 0.3) is 0 Å². The molecule has 0 saturated carbocycles. The second-order valence-electron chi connectivity index (χ2n) is 5.98. The van der Waals surface area contributed by atoms with Gasteiger partial charge in [-0.3, -0.25) is 0 Å². The van der Waals surface area contributed by atoms with Crippen LogP contribution in [0.1, 0.15) is 18.1 Å². The summed E-state index contributed by atoms with van der Waals surface area (Å²) in [5.74, 6) is 0.0600. The fourth-order valence-corrected chi connectivity index (χ4v) is 2.45. The van der Waals surface area contributed by atoms with Gasteiger partial charge in [0.1, 0.15) is 19.0 Å². The molecule has 1 aromatic heterocycles. The Morgan fingerprint density at radius 3 is 2.07 bits per heavy atom. The van der Waals surface area contributed by atoms with Crippen LogP contribution in [0.25, 0.3) is 0 Å². The molecule has 3 rings (SSSR count). The van der Waals surface area contributed by atoms with E-state index in [1.54, 1.807) is 6.07 Å². The molecule has 0 spiro atoms. The summed E-state index contributed by atoms with van der Waals surface area (Å²) in [6, 6.07) is 20.1. The molecule has 0 aliphatic heterocycles. The molecule has 29 heavy (non-hydrogen) atoms. The lowest BCUT2D eigenvalue weighted by molar-refractivity contribution is 0.144. The minimum Gasteiger partial charge on any atom is -0.443 e. The largest absolute Gasteiger partial charge is 0.443 e. The minimum absolute atomic E-state index is 0.0600. The summed E-state index contributed by atoms with van der Waals surface area (Å²) in [5.41, 5.74) is 1.66.